The largest absolute Gasteiger partial charge is 0.270 e. The van der Waals surface area contributed by atoms with Crippen LogP contribution in [0.15, 0.2) is 47.4 Å². The molecule has 0 spiro atoms. The van der Waals surface area contributed by atoms with Crippen LogP contribution in [0.25, 0.3) is 6.08 Å². The van der Waals surface area contributed by atoms with Gasteiger partial charge in [-0.25, -0.2) is 0 Å². The van der Waals surface area contributed by atoms with Crippen molar-refractivity contribution in [2.75, 3.05) is 4.90 Å². The lowest BCUT2D eigenvalue weighted by atomic mass is 10.1. The minimum absolute atomic E-state index is 0.0139. The third kappa shape index (κ3) is 3.47. The second kappa shape index (κ2) is 6.78. The number of nitro benzene ring substituents is 1. The molecule has 1 fully saturated rings. The molecule has 1 aliphatic heterocycles. The van der Waals surface area contributed by atoms with Gasteiger partial charge in [0, 0.05) is 12.1 Å². The Hall–Kier alpha value is -2.51. The van der Waals surface area contributed by atoms with E-state index in [1.165, 1.54) is 28.8 Å². The van der Waals surface area contributed by atoms with Crippen molar-refractivity contribution in [2.24, 2.45) is 0 Å². The highest BCUT2D eigenvalue weighted by Crippen LogP contribution is 2.37. The van der Waals surface area contributed by atoms with Crippen LogP contribution in [0.2, 0.25) is 0 Å². The normalized spacial score (nSPS) is 15.9. The second-order valence-corrected chi connectivity index (χ2v) is 7.33. The summed E-state index contributed by atoms with van der Waals surface area (Å²) in [6.45, 7) is 3.94. The first-order valence-corrected chi connectivity index (χ1v) is 8.69. The van der Waals surface area contributed by atoms with Gasteiger partial charge in [-0.05, 0) is 49.2 Å². The Morgan fingerprint density at radius 3 is 2.44 bits per heavy atom. The first kappa shape index (κ1) is 17.3. The van der Waals surface area contributed by atoms with Crippen molar-refractivity contribution in [3.63, 3.8) is 0 Å². The Balaban J connectivity index is 1.91. The molecule has 0 bridgehead atoms. The molecule has 1 heterocycles. The minimum atomic E-state index is -0.455. The number of non-ortho nitro benzene ring substituents is 1. The average Bonchev–Trinajstić information content (AvgIpc) is 2.82. The van der Waals surface area contributed by atoms with E-state index in [1.54, 1.807) is 18.2 Å². The van der Waals surface area contributed by atoms with Crippen LogP contribution in [0.5, 0.6) is 0 Å². The number of aryl methyl sites for hydroxylation is 2. The Labute approximate surface area is 154 Å². The molecule has 1 amide bonds. The van der Waals surface area contributed by atoms with Crippen LogP contribution >= 0.6 is 24.0 Å². The number of thioether (sulfide) groups is 1. The number of anilines is 1. The van der Waals surface area contributed by atoms with E-state index < -0.39 is 4.92 Å². The molecule has 0 radical (unpaired) electrons. The number of amides is 1. The third-order valence-electron chi connectivity index (χ3n) is 3.79. The van der Waals surface area contributed by atoms with Crippen LogP contribution < -0.4 is 4.90 Å². The van der Waals surface area contributed by atoms with E-state index in [-0.39, 0.29) is 11.6 Å². The monoisotopic (exact) mass is 370 g/mol. The molecule has 0 N–H and O–H groups in total. The summed E-state index contributed by atoms with van der Waals surface area (Å²) in [4.78, 5) is 25.1. The van der Waals surface area contributed by atoms with Gasteiger partial charge in [-0.1, -0.05) is 41.7 Å². The molecule has 0 aromatic heterocycles. The van der Waals surface area contributed by atoms with E-state index in [4.69, 9.17) is 12.2 Å². The van der Waals surface area contributed by atoms with Gasteiger partial charge in [0.2, 0.25) is 0 Å². The molecule has 0 atom stereocenters. The Bertz CT molecular complexity index is 920. The van der Waals surface area contributed by atoms with Crippen LogP contribution in [0.3, 0.4) is 0 Å². The molecule has 1 saturated heterocycles. The number of carbonyl (C=O) groups excluding carboxylic acids is 1. The van der Waals surface area contributed by atoms with Crippen LogP contribution in [0, 0.1) is 24.0 Å². The van der Waals surface area contributed by atoms with Crippen molar-refractivity contribution in [2.45, 2.75) is 13.8 Å². The van der Waals surface area contributed by atoms with Crippen LogP contribution in [-0.4, -0.2) is 15.2 Å². The Kier molecular flexibility index (Phi) is 4.69. The fraction of sp³-hybridized carbons (Fsp3) is 0.111. The number of carbonyl (C=O) groups is 1. The maximum atomic E-state index is 12.8. The lowest BCUT2D eigenvalue weighted by Crippen LogP contribution is -2.28. The maximum Gasteiger partial charge on any atom is 0.270 e. The zero-order valence-electron chi connectivity index (χ0n) is 13.6. The summed E-state index contributed by atoms with van der Waals surface area (Å²) in [6, 6.07) is 11.9. The van der Waals surface area contributed by atoms with Crippen molar-refractivity contribution in [1.82, 2.24) is 0 Å². The summed E-state index contributed by atoms with van der Waals surface area (Å²) in [6.07, 6.45) is 1.70. The van der Waals surface area contributed by atoms with Crippen LogP contribution in [0.4, 0.5) is 11.4 Å². The third-order valence-corrected chi connectivity index (χ3v) is 5.09. The molecule has 2 aromatic carbocycles. The van der Waals surface area contributed by atoms with Crippen molar-refractivity contribution >= 4 is 51.7 Å². The SMILES string of the molecule is Cc1ccc(N2C(=O)/C(=C\c3ccc([N+](=O)[O-])cc3)SC2=S)c(C)c1. The molecule has 25 heavy (non-hydrogen) atoms. The number of thiocarbonyl (C=S) groups is 1. The van der Waals surface area contributed by atoms with Crippen molar-refractivity contribution < 1.29 is 9.72 Å². The summed E-state index contributed by atoms with van der Waals surface area (Å²) in [7, 11) is 0. The molecular weight excluding hydrogens is 356 g/mol. The lowest BCUT2D eigenvalue weighted by molar-refractivity contribution is -0.384. The van der Waals surface area contributed by atoms with Crippen LogP contribution in [0.1, 0.15) is 16.7 Å². The summed E-state index contributed by atoms with van der Waals surface area (Å²) in [5, 5.41) is 10.7. The number of nitrogens with zero attached hydrogens (tertiary/aromatic N) is 2. The van der Waals surface area contributed by atoms with Crippen molar-refractivity contribution in [3.8, 4) is 0 Å². The molecule has 5 nitrogen and oxygen atoms in total. The first-order chi connectivity index (χ1) is 11.9. The molecule has 7 heteroatoms. The van der Waals surface area contributed by atoms with Gasteiger partial charge >= 0.3 is 0 Å². The van der Waals surface area contributed by atoms with Crippen molar-refractivity contribution in [3.05, 3.63) is 74.2 Å². The molecule has 0 aliphatic carbocycles. The standard InChI is InChI=1S/C18H14N2O3S2/c1-11-3-8-15(12(2)9-11)19-17(21)16(25-18(19)24)10-13-4-6-14(7-5-13)20(22)23/h3-10H,1-2H3/b16-10+. The van der Waals surface area contributed by atoms with Gasteiger partial charge in [0.25, 0.3) is 11.6 Å². The van der Waals surface area contributed by atoms with Gasteiger partial charge in [0.1, 0.15) is 0 Å². The van der Waals surface area contributed by atoms with E-state index in [2.05, 4.69) is 0 Å². The van der Waals surface area contributed by atoms with Gasteiger partial charge in [0.15, 0.2) is 4.32 Å². The Morgan fingerprint density at radius 2 is 1.84 bits per heavy atom. The molecule has 0 saturated carbocycles. The van der Waals surface area contributed by atoms with Gasteiger partial charge in [-0.2, -0.15) is 0 Å². The van der Waals surface area contributed by atoms with Crippen LogP contribution in [-0.2, 0) is 4.79 Å². The van der Waals surface area contributed by atoms with Gasteiger partial charge in [-0.15, -0.1) is 0 Å². The number of rotatable bonds is 3. The zero-order chi connectivity index (χ0) is 18.1. The van der Waals surface area contributed by atoms with E-state index >= 15 is 0 Å². The second-order valence-electron chi connectivity index (χ2n) is 5.66. The summed E-state index contributed by atoms with van der Waals surface area (Å²) in [5.41, 5.74) is 3.60. The zero-order valence-corrected chi connectivity index (χ0v) is 15.2. The maximum absolute atomic E-state index is 12.8. The number of hydrogen-bond acceptors (Lipinski definition) is 5. The molecule has 3 rings (SSSR count). The van der Waals surface area contributed by atoms with Gasteiger partial charge < -0.3 is 0 Å². The smallest absolute Gasteiger partial charge is 0.268 e. The van der Waals surface area contributed by atoms with E-state index in [0.29, 0.717) is 14.8 Å². The molecule has 126 valence electrons. The lowest BCUT2D eigenvalue weighted by Gasteiger charge is -2.17. The van der Waals surface area contributed by atoms with E-state index in [0.717, 1.165) is 16.8 Å². The predicted octanol–water partition coefficient (Wildman–Crippen LogP) is 4.62. The molecule has 1 aliphatic rings. The predicted molar refractivity (Wildman–Crippen MR) is 105 cm³/mol. The fourth-order valence-corrected chi connectivity index (χ4v) is 3.86. The summed E-state index contributed by atoms with van der Waals surface area (Å²) in [5.74, 6) is -0.180. The minimum Gasteiger partial charge on any atom is -0.268 e. The summed E-state index contributed by atoms with van der Waals surface area (Å²) >= 11 is 6.61. The fourth-order valence-electron chi connectivity index (χ4n) is 2.58. The number of hydrogen-bond donors (Lipinski definition) is 0. The molecule has 0 unspecified atom stereocenters. The highest BCUT2D eigenvalue weighted by Gasteiger charge is 2.34. The first-order valence-electron chi connectivity index (χ1n) is 7.46. The quantitative estimate of drug-likeness (QED) is 0.341. The van der Waals surface area contributed by atoms with E-state index in [1.807, 2.05) is 32.0 Å². The van der Waals surface area contributed by atoms with Gasteiger partial charge in [0.05, 0.1) is 15.5 Å². The molecule has 2 aromatic rings. The Morgan fingerprint density at radius 1 is 1.16 bits per heavy atom. The highest BCUT2D eigenvalue weighted by atomic mass is 32.2. The average molecular weight is 370 g/mol. The number of nitro groups is 1. The topological polar surface area (TPSA) is 63.5 Å². The number of benzene rings is 2. The summed E-state index contributed by atoms with van der Waals surface area (Å²) < 4.78 is 0.477. The molecular formula is C18H14N2O3S2. The highest BCUT2D eigenvalue weighted by molar-refractivity contribution is 8.27. The van der Waals surface area contributed by atoms with E-state index in [9.17, 15) is 14.9 Å². The van der Waals surface area contributed by atoms with Gasteiger partial charge in [-0.3, -0.25) is 19.8 Å². The van der Waals surface area contributed by atoms with Crippen molar-refractivity contribution in [1.29, 1.82) is 0 Å².